The van der Waals surface area contributed by atoms with Crippen LogP contribution in [0.1, 0.15) is 19.3 Å². The lowest BCUT2D eigenvalue weighted by atomic mass is 9.80. The van der Waals surface area contributed by atoms with Gasteiger partial charge in [0.25, 0.3) is 5.56 Å². The Bertz CT molecular complexity index is 485. The first-order valence-electron chi connectivity index (χ1n) is 5.88. The number of anilines is 1. The molecular weight excluding hydrogens is 302 g/mol. The van der Waals surface area contributed by atoms with Crippen molar-refractivity contribution in [2.45, 2.75) is 31.4 Å². The minimum absolute atomic E-state index is 0.133. The molecule has 1 aromatic rings. The van der Waals surface area contributed by atoms with Crippen LogP contribution in [0.15, 0.2) is 15.5 Å². The minimum Gasteiger partial charge on any atom is -0.394 e. The number of rotatable bonds is 5. The quantitative estimate of drug-likeness (QED) is 0.728. The van der Waals surface area contributed by atoms with Crippen molar-refractivity contribution in [3.63, 3.8) is 0 Å². The molecule has 1 saturated carbocycles. The predicted molar refractivity (Wildman–Crippen MR) is 70.6 cm³/mol. The van der Waals surface area contributed by atoms with Crippen LogP contribution in [0.2, 0.25) is 0 Å². The number of hydrogen-bond donors (Lipinski definition) is 3. The van der Waals surface area contributed by atoms with Gasteiger partial charge >= 0.3 is 0 Å². The number of nitrogens with one attached hydrogen (secondary N) is 1. The summed E-state index contributed by atoms with van der Waals surface area (Å²) in [5.74, 6) is 0. The maximum Gasteiger partial charge on any atom is 0.283 e. The third-order valence-electron chi connectivity index (χ3n) is 3.19. The van der Waals surface area contributed by atoms with Gasteiger partial charge in [0, 0.05) is 6.54 Å². The molecular formula is C11H16BrN3O3. The van der Waals surface area contributed by atoms with E-state index in [1.807, 2.05) is 0 Å². The Labute approximate surface area is 113 Å². The van der Waals surface area contributed by atoms with Crippen molar-refractivity contribution in [1.29, 1.82) is 0 Å². The summed E-state index contributed by atoms with van der Waals surface area (Å²) in [4.78, 5) is 11.8. The SMILES string of the molecule is O=c1c(Br)c(NCC2(O)CCC2)cnn1CCO. The van der Waals surface area contributed by atoms with Gasteiger partial charge in [0.2, 0.25) is 0 Å². The largest absolute Gasteiger partial charge is 0.394 e. The lowest BCUT2D eigenvalue weighted by Gasteiger charge is -2.36. The average molecular weight is 318 g/mol. The van der Waals surface area contributed by atoms with E-state index in [2.05, 4.69) is 26.3 Å². The molecule has 1 aromatic heterocycles. The van der Waals surface area contributed by atoms with E-state index in [0.717, 1.165) is 19.3 Å². The topological polar surface area (TPSA) is 87.4 Å². The molecule has 1 fully saturated rings. The second-order valence-electron chi connectivity index (χ2n) is 4.56. The molecule has 0 saturated heterocycles. The normalized spacial score (nSPS) is 17.3. The minimum atomic E-state index is -0.653. The average Bonchev–Trinajstić information content (AvgIpc) is 2.32. The summed E-state index contributed by atoms with van der Waals surface area (Å²) in [5.41, 5.74) is -0.386. The molecule has 6 nitrogen and oxygen atoms in total. The van der Waals surface area contributed by atoms with E-state index < -0.39 is 5.60 Å². The zero-order chi connectivity index (χ0) is 13.2. The van der Waals surface area contributed by atoms with Gasteiger partial charge in [-0.25, -0.2) is 4.68 Å². The third-order valence-corrected chi connectivity index (χ3v) is 3.96. The van der Waals surface area contributed by atoms with E-state index in [0.29, 0.717) is 16.7 Å². The summed E-state index contributed by atoms with van der Waals surface area (Å²) in [6.07, 6.45) is 4.12. The van der Waals surface area contributed by atoms with Gasteiger partial charge in [-0.1, -0.05) is 0 Å². The standard InChI is InChI=1S/C11H16BrN3O3/c12-9-8(13-7-11(18)2-1-3-11)6-14-15(4-5-16)10(9)17/h6,13,16,18H,1-5,7H2. The number of aliphatic hydroxyl groups excluding tert-OH is 1. The van der Waals surface area contributed by atoms with Crippen LogP contribution in [0.3, 0.4) is 0 Å². The molecule has 0 aromatic carbocycles. The fourth-order valence-corrected chi connectivity index (χ4v) is 2.31. The summed E-state index contributed by atoms with van der Waals surface area (Å²) < 4.78 is 1.56. The Morgan fingerprint density at radius 2 is 2.28 bits per heavy atom. The number of halogens is 1. The molecule has 0 atom stereocenters. The molecule has 1 aliphatic rings. The lowest BCUT2D eigenvalue weighted by molar-refractivity contribution is -0.0202. The Morgan fingerprint density at radius 3 is 2.83 bits per heavy atom. The van der Waals surface area contributed by atoms with E-state index in [-0.39, 0.29) is 18.7 Å². The molecule has 18 heavy (non-hydrogen) atoms. The van der Waals surface area contributed by atoms with Crippen LogP contribution in [0.25, 0.3) is 0 Å². The number of aromatic nitrogens is 2. The van der Waals surface area contributed by atoms with E-state index in [4.69, 9.17) is 5.11 Å². The van der Waals surface area contributed by atoms with Crippen molar-refractivity contribution in [3.05, 3.63) is 21.0 Å². The van der Waals surface area contributed by atoms with Gasteiger partial charge in [-0.3, -0.25) is 4.79 Å². The molecule has 0 aliphatic heterocycles. The first-order valence-corrected chi connectivity index (χ1v) is 6.68. The zero-order valence-corrected chi connectivity index (χ0v) is 11.5. The van der Waals surface area contributed by atoms with Crippen LogP contribution in [0.4, 0.5) is 5.69 Å². The summed E-state index contributed by atoms with van der Waals surface area (Å²) in [7, 11) is 0. The van der Waals surface area contributed by atoms with Gasteiger partial charge in [-0.2, -0.15) is 5.10 Å². The summed E-state index contributed by atoms with van der Waals surface area (Å²) in [6.45, 7) is 0.449. The molecule has 0 amide bonds. The van der Waals surface area contributed by atoms with Crippen LogP contribution >= 0.6 is 15.9 Å². The molecule has 0 radical (unpaired) electrons. The molecule has 3 N–H and O–H groups in total. The van der Waals surface area contributed by atoms with Crippen LogP contribution in [-0.4, -0.2) is 38.7 Å². The Balaban J connectivity index is 2.09. The van der Waals surface area contributed by atoms with Gasteiger partial charge in [0.05, 0.1) is 30.6 Å². The van der Waals surface area contributed by atoms with E-state index in [9.17, 15) is 9.90 Å². The third kappa shape index (κ3) is 2.73. The van der Waals surface area contributed by atoms with Crippen molar-refractivity contribution in [2.75, 3.05) is 18.5 Å². The molecule has 2 rings (SSSR count). The van der Waals surface area contributed by atoms with Gasteiger partial charge in [0.15, 0.2) is 0 Å². The maximum atomic E-state index is 11.8. The molecule has 7 heteroatoms. The molecule has 0 spiro atoms. The van der Waals surface area contributed by atoms with Crippen LogP contribution in [0, 0.1) is 0 Å². The first kappa shape index (κ1) is 13.5. The predicted octanol–water partition coefficient (Wildman–Crippen LogP) is 0.325. The summed E-state index contributed by atoms with van der Waals surface area (Å²) >= 11 is 3.21. The summed E-state index contributed by atoms with van der Waals surface area (Å²) in [5, 5.41) is 25.7. The van der Waals surface area contributed by atoms with Crippen LogP contribution in [0.5, 0.6) is 0 Å². The highest BCUT2D eigenvalue weighted by atomic mass is 79.9. The second-order valence-corrected chi connectivity index (χ2v) is 5.35. The number of hydrogen-bond acceptors (Lipinski definition) is 5. The first-order chi connectivity index (χ1) is 8.56. The number of nitrogens with zero attached hydrogens (tertiary/aromatic N) is 2. The molecule has 100 valence electrons. The fourth-order valence-electron chi connectivity index (χ4n) is 1.86. The maximum absolute atomic E-state index is 11.8. The smallest absolute Gasteiger partial charge is 0.283 e. The highest BCUT2D eigenvalue weighted by molar-refractivity contribution is 9.10. The van der Waals surface area contributed by atoms with Gasteiger partial charge < -0.3 is 15.5 Å². The Morgan fingerprint density at radius 1 is 1.56 bits per heavy atom. The van der Waals surface area contributed by atoms with Crippen molar-refractivity contribution in [3.8, 4) is 0 Å². The molecule has 0 unspecified atom stereocenters. The van der Waals surface area contributed by atoms with Crippen molar-refractivity contribution < 1.29 is 10.2 Å². The zero-order valence-electron chi connectivity index (χ0n) is 9.90. The highest BCUT2D eigenvalue weighted by Crippen LogP contribution is 2.32. The molecule has 1 heterocycles. The monoisotopic (exact) mass is 317 g/mol. The van der Waals surface area contributed by atoms with Gasteiger partial charge in [-0.15, -0.1) is 0 Å². The Hall–Kier alpha value is -0.920. The van der Waals surface area contributed by atoms with E-state index >= 15 is 0 Å². The second kappa shape index (κ2) is 5.38. The van der Waals surface area contributed by atoms with Gasteiger partial charge in [-0.05, 0) is 35.2 Å². The van der Waals surface area contributed by atoms with Crippen molar-refractivity contribution in [2.24, 2.45) is 0 Å². The van der Waals surface area contributed by atoms with Crippen molar-refractivity contribution in [1.82, 2.24) is 9.78 Å². The summed E-state index contributed by atoms with van der Waals surface area (Å²) in [6, 6.07) is 0. The van der Waals surface area contributed by atoms with Crippen LogP contribution < -0.4 is 10.9 Å². The van der Waals surface area contributed by atoms with E-state index in [1.165, 1.54) is 10.9 Å². The molecule has 0 bridgehead atoms. The van der Waals surface area contributed by atoms with E-state index in [1.54, 1.807) is 0 Å². The lowest BCUT2D eigenvalue weighted by Crippen LogP contribution is -2.43. The van der Waals surface area contributed by atoms with Gasteiger partial charge in [0.1, 0.15) is 4.47 Å². The molecule has 1 aliphatic carbocycles. The number of aliphatic hydroxyl groups is 2. The van der Waals surface area contributed by atoms with Crippen LogP contribution in [-0.2, 0) is 6.54 Å². The highest BCUT2D eigenvalue weighted by Gasteiger charge is 2.34. The Kier molecular flexibility index (Phi) is 4.04. The fraction of sp³-hybridized carbons (Fsp3) is 0.636. The van der Waals surface area contributed by atoms with Crippen molar-refractivity contribution >= 4 is 21.6 Å².